The van der Waals surface area contributed by atoms with Crippen molar-refractivity contribution in [3.05, 3.63) is 11.5 Å². The molecule has 0 aliphatic carbocycles. The van der Waals surface area contributed by atoms with E-state index in [9.17, 15) is 8.76 Å². The Balaban J connectivity index is 3.10. The van der Waals surface area contributed by atoms with Gasteiger partial charge in [0.25, 0.3) is 0 Å². The molecule has 0 spiro atoms. The summed E-state index contributed by atoms with van der Waals surface area (Å²) in [5.41, 5.74) is 0. The summed E-state index contributed by atoms with van der Waals surface area (Å²) < 4.78 is 19.9. The van der Waals surface area contributed by atoms with Gasteiger partial charge >= 0.3 is 0 Å². The van der Waals surface area contributed by atoms with Gasteiger partial charge in [0, 0.05) is 0 Å². The molecule has 0 heterocycles. The van der Waals surface area contributed by atoms with Crippen LogP contribution >= 0.6 is 0 Å². The quantitative estimate of drug-likeness (QED) is 0.457. The molecule has 0 bridgehead atoms. The lowest BCUT2D eigenvalue weighted by Gasteiger charge is -1.94. The van der Waals surface area contributed by atoms with E-state index < -0.39 is 11.1 Å². The van der Waals surface area contributed by atoms with Gasteiger partial charge in [-0.3, -0.25) is 4.21 Å². The van der Waals surface area contributed by atoms with Crippen molar-refractivity contribution < 1.29 is 8.76 Å². The number of hydrogen-bond donors (Lipinski definition) is 0. The van der Waals surface area contributed by atoms with Gasteiger partial charge in [-0.1, -0.05) is 25.8 Å². The van der Waals surface area contributed by atoms with Crippen LogP contribution in [0.3, 0.4) is 0 Å². The average Bonchev–Trinajstić information content (AvgIpc) is 1.87. The van der Waals surface area contributed by atoms with E-state index in [2.05, 4.69) is 6.92 Å². The van der Waals surface area contributed by atoms with Crippen LogP contribution < -0.4 is 0 Å². The molecule has 0 saturated carbocycles. The van der Waals surface area contributed by atoms with E-state index >= 15 is 0 Å². The van der Waals surface area contributed by atoms with Crippen molar-refractivity contribution in [1.82, 2.24) is 0 Å². The number of unbranched alkanes of at least 4 members (excludes halogenated alkanes) is 3. The predicted octanol–water partition coefficient (Wildman–Crippen LogP) is 1.96. The van der Waals surface area contributed by atoms with Gasteiger partial charge in [-0.15, -0.1) is 0 Å². The Kier molecular flexibility index (Phi) is 6.86. The van der Waals surface area contributed by atoms with Gasteiger partial charge in [0.1, 0.15) is 0 Å². The maximum atomic E-state index is 9.95. The Bertz CT molecular complexity index is 121. The molecule has 1 atom stereocenters. The molecule has 0 radical (unpaired) electrons. The van der Waals surface area contributed by atoms with Crippen LogP contribution in [0.15, 0.2) is 11.5 Å². The Morgan fingerprint density at radius 2 is 2.20 bits per heavy atom. The molecule has 1 unspecified atom stereocenters. The molecule has 0 saturated heterocycles. The third-order valence-electron chi connectivity index (χ3n) is 1.18. The molecule has 0 rings (SSSR count). The first-order valence-corrected chi connectivity index (χ1v) is 4.66. The normalized spacial score (nSPS) is 14.2. The molecule has 0 aliphatic heterocycles. The minimum absolute atomic E-state index is 0.877. The first-order valence-electron chi connectivity index (χ1n) is 3.52. The van der Waals surface area contributed by atoms with Crippen LogP contribution in [0.2, 0.25) is 0 Å². The summed E-state index contributed by atoms with van der Waals surface area (Å²) in [6.45, 7) is 2.12. The van der Waals surface area contributed by atoms with E-state index in [1.807, 2.05) is 0 Å². The van der Waals surface area contributed by atoms with Gasteiger partial charge in [-0.25, -0.2) is 0 Å². The summed E-state index contributed by atoms with van der Waals surface area (Å²) in [7, 11) is 0. The summed E-state index contributed by atoms with van der Waals surface area (Å²) in [4.78, 5) is 0. The van der Waals surface area contributed by atoms with E-state index in [0.29, 0.717) is 0 Å². The molecule has 10 heavy (non-hydrogen) atoms. The van der Waals surface area contributed by atoms with Gasteiger partial charge in [0.15, 0.2) is 0 Å². The lowest BCUT2D eigenvalue weighted by Crippen LogP contribution is -1.77. The second-order valence-electron chi connectivity index (χ2n) is 2.13. The highest BCUT2D eigenvalue weighted by Crippen LogP contribution is 1.99. The van der Waals surface area contributed by atoms with Crippen LogP contribution in [-0.4, -0.2) is 8.76 Å². The fourth-order valence-corrected chi connectivity index (χ4v) is 0.952. The van der Waals surface area contributed by atoms with E-state index in [1.54, 1.807) is 6.08 Å². The van der Waals surface area contributed by atoms with E-state index in [-0.39, 0.29) is 0 Å². The highest BCUT2D eigenvalue weighted by molar-refractivity contribution is 7.82. The Hall–Kier alpha value is -0.150. The van der Waals surface area contributed by atoms with Crippen molar-refractivity contribution in [1.29, 1.82) is 0 Å². The molecule has 0 aromatic carbocycles. The van der Waals surface area contributed by atoms with Crippen molar-refractivity contribution in [2.75, 3.05) is 0 Å². The third-order valence-corrected chi connectivity index (χ3v) is 1.60. The molecule has 0 N–H and O–H groups in total. The van der Waals surface area contributed by atoms with Crippen LogP contribution in [-0.2, 0) is 11.1 Å². The highest BCUT2D eigenvalue weighted by Gasteiger charge is 1.80. The van der Waals surface area contributed by atoms with E-state index in [4.69, 9.17) is 0 Å². The highest BCUT2D eigenvalue weighted by atomic mass is 32.2. The molecule has 0 fully saturated rings. The Morgan fingerprint density at radius 1 is 1.50 bits per heavy atom. The zero-order valence-corrected chi connectivity index (χ0v) is 7.02. The summed E-state index contributed by atoms with van der Waals surface area (Å²) in [6, 6.07) is 0. The van der Waals surface area contributed by atoms with Gasteiger partial charge in [0.05, 0.1) is 0 Å². The number of rotatable bonds is 5. The Morgan fingerprint density at radius 3 is 2.70 bits per heavy atom. The maximum Gasteiger partial charge on any atom is -0.0155 e. The van der Waals surface area contributed by atoms with Gasteiger partial charge in [0.2, 0.25) is 0 Å². The minimum Gasteiger partial charge on any atom is -0.769 e. The van der Waals surface area contributed by atoms with Crippen molar-refractivity contribution in [2.45, 2.75) is 32.6 Å². The zero-order valence-electron chi connectivity index (χ0n) is 6.21. The van der Waals surface area contributed by atoms with Crippen molar-refractivity contribution in [2.24, 2.45) is 0 Å². The molecule has 0 aromatic heterocycles. The molecule has 0 aromatic rings. The van der Waals surface area contributed by atoms with Crippen LogP contribution in [0.25, 0.3) is 0 Å². The SMILES string of the molecule is CCCCCC=CS(=O)[O-]. The van der Waals surface area contributed by atoms with E-state index in [1.165, 1.54) is 18.2 Å². The monoisotopic (exact) mass is 161 g/mol. The number of hydrogen-bond acceptors (Lipinski definition) is 2. The lowest BCUT2D eigenvalue weighted by molar-refractivity contribution is 0.546. The van der Waals surface area contributed by atoms with Crippen molar-refractivity contribution in [3.8, 4) is 0 Å². The summed E-state index contributed by atoms with van der Waals surface area (Å²) >= 11 is -2.00. The van der Waals surface area contributed by atoms with Crippen LogP contribution in [0.4, 0.5) is 0 Å². The van der Waals surface area contributed by atoms with Crippen LogP contribution in [0.1, 0.15) is 32.6 Å². The second kappa shape index (κ2) is 6.96. The van der Waals surface area contributed by atoms with Gasteiger partial charge < -0.3 is 4.55 Å². The lowest BCUT2D eigenvalue weighted by atomic mass is 10.2. The third kappa shape index (κ3) is 7.85. The van der Waals surface area contributed by atoms with Crippen LogP contribution in [0.5, 0.6) is 0 Å². The first kappa shape index (κ1) is 9.85. The smallest absolute Gasteiger partial charge is 0.0155 e. The average molecular weight is 161 g/mol. The predicted molar refractivity (Wildman–Crippen MR) is 42.2 cm³/mol. The first-order chi connectivity index (χ1) is 4.77. The number of allylic oxidation sites excluding steroid dienone is 1. The fourth-order valence-electron chi connectivity index (χ4n) is 0.659. The summed E-state index contributed by atoms with van der Waals surface area (Å²) in [5, 5.41) is 1.20. The molecule has 3 heteroatoms. The standard InChI is InChI=1S/C7H14O2S/c1-2-3-4-5-6-7-10(8)9/h6-7H,2-5H2,1H3,(H,8,9)/p-1. The largest absolute Gasteiger partial charge is 0.769 e. The van der Waals surface area contributed by atoms with Crippen molar-refractivity contribution in [3.63, 3.8) is 0 Å². The minimum atomic E-state index is -2.00. The van der Waals surface area contributed by atoms with Gasteiger partial charge in [-0.05, 0) is 29.3 Å². The molecule has 0 amide bonds. The molecule has 2 nitrogen and oxygen atoms in total. The Labute approximate surface area is 64.6 Å². The van der Waals surface area contributed by atoms with Gasteiger partial charge in [-0.2, -0.15) is 0 Å². The fraction of sp³-hybridized carbons (Fsp3) is 0.714. The second-order valence-corrected chi connectivity index (χ2v) is 2.92. The maximum absolute atomic E-state index is 9.95. The molecular formula is C7H13O2S-. The summed E-state index contributed by atoms with van der Waals surface area (Å²) in [5.74, 6) is 0. The molecule has 60 valence electrons. The summed E-state index contributed by atoms with van der Waals surface area (Å²) in [6.07, 6.45) is 6.01. The molecule has 0 aliphatic rings. The van der Waals surface area contributed by atoms with E-state index in [0.717, 1.165) is 12.8 Å². The zero-order chi connectivity index (χ0) is 7.82. The molecular weight excluding hydrogens is 148 g/mol. The topological polar surface area (TPSA) is 40.1 Å². The van der Waals surface area contributed by atoms with Crippen molar-refractivity contribution >= 4 is 11.1 Å². The van der Waals surface area contributed by atoms with Crippen LogP contribution in [0, 0.1) is 0 Å².